The zero-order valence-corrected chi connectivity index (χ0v) is 11.9. The molecule has 0 aliphatic carbocycles. The van der Waals surface area contributed by atoms with Gasteiger partial charge in [-0.3, -0.25) is 4.79 Å². The summed E-state index contributed by atoms with van der Waals surface area (Å²) in [6.45, 7) is 0. The fraction of sp³-hybridized carbons (Fsp3) is 0.0714. The summed E-state index contributed by atoms with van der Waals surface area (Å²) < 4.78 is 0.742. The summed E-state index contributed by atoms with van der Waals surface area (Å²) >= 11 is 3.22. The fourth-order valence-corrected chi connectivity index (χ4v) is 1.88. The number of hydrogen-bond donors (Lipinski definition) is 2. The van der Waals surface area contributed by atoms with E-state index in [1.807, 2.05) is 0 Å². The Kier molecular flexibility index (Phi) is 4.47. The van der Waals surface area contributed by atoms with Crippen molar-refractivity contribution >= 4 is 27.8 Å². The highest BCUT2D eigenvalue weighted by molar-refractivity contribution is 9.10. The number of nitrogens with zero attached hydrogens (tertiary/aromatic N) is 1. The van der Waals surface area contributed by atoms with Gasteiger partial charge in [-0.05, 0) is 33.6 Å². The van der Waals surface area contributed by atoms with Gasteiger partial charge in [0, 0.05) is 10.7 Å². The number of halogens is 1. The van der Waals surface area contributed by atoms with Crippen LogP contribution >= 0.6 is 15.9 Å². The standard InChI is InChI=1S/C14H11BrN2O3/c15-10-6-7-11(16-8-10)13(18)17-12(14(19)20)9-4-2-1-3-5-9/h1-8,12H,(H,17,18)(H,19,20). The molecule has 0 spiro atoms. The van der Waals surface area contributed by atoms with Crippen molar-refractivity contribution in [2.75, 3.05) is 0 Å². The highest BCUT2D eigenvalue weighted by Crippen LogP contribution is 2.14. The van der Waals surface area contributed by atoms with E-state index in [1.54, 1.807) is 36.4 Å². The second kappa shape index (κ2) is 6.29. The molecule has 1 heterocycles. The lowest BCUT2D eigenvalue weighted by Gasteiger charge is -2.14. The molecular weight excluding hydrogens is 324 g/mol. The summed E-state index contributed by atoms with van der Waals surface area (Å²) in [6.07, 6.45) is 1.48. The van der Waals surface area contributed by atoms with Gasteiger partial charge >= 0.3 is 5.97 Å². The van der Waals surface area contributed by atoms with E-state index in [1.165, 1.54) is 12.3 Å². The highest BCUT2D eigenvalue weighted by atomic mass is 79.9. The number of aliphatic carboxylic acids is 1. The molecule has 0 radical (unpaired) electrons. The monoisotopic (exact) mass is 334 g/mol. The van der Waals surface area contributed by atoms with Crippen molar-refractivity contribution in [3.05, 3.63) is 64.4 Å². The summed E-state index contributed by atoms with van der Waals surface area (Å²) in [6, 6.07) is 10.6. The van der Waals surface area contributed by atoms with Gasteiger partial charge in [0.05, 0.1) is 0 Å². The van der Waals surface area contributed by atoms with Crippen LogP contribution in [-0.2, 0) is 4.79 Å². The number of amides is 1. The van der Waals surface area contributed by atoms with Gasteiger partial charge in [0.2, 0.25) is 0 Å². The third-order valence-corrected chi connectivity index (χ3v) is 3.08. The number of carbonyl (C=O) groups excluding carboxylic acids is 1. The molecule has 1 aromatic heterocycles. The van der Waals surface area contributed by atoms with Crippen LogP contribution in [0, 0.1) is 0 Å². The largest absolute Gasteiger partial charge is 0.479 e. The molecule has 0 aliphatic rings. The molecule has 1 atom stereocenters. The molecule has 0 saturated carbocycles. The Labute approximate surface area is 123 Å². The van der Waals surface area contributed by atoms with Crippen molar-refractivity contribution in [1.82, 2.24) is 10.3 Å². The van der Waals surface area contributed by atoms with E-state index in [-0.39, 0.29) is 5.69 Å². The van der Waals surface area contributed by atoms with Crippen molar-refractivity contribution < 1.29 is 14.7 Å². The van der Waals surface area contributed by atoms with Crippen LogP contribution in [-0.4, -0.2) is 22.0 Å². The average molecular weight is 335 g/mol. The van der Waals surface area contributed by atoms with Crippen molar-refractivity contribution in [1.29, 1.82) is 0 Å². The molecule has 1 amide bonds. The molecule has 0 aliphatic heterocycles. The van der Waals surface area contributed by atoms with Crippen LogP contribution in [0.3, 0.4) is 0 Å². The summed E-state index contributed by atoms with van der Waals surface area (Å²) in [4.78, 5) is 27.2. The zero-order chi connectivity index (χ0) is 14.5. The molecule has 0 fully saturated rings. The van der Waals surface area contributed by atoms with Crippen LogP contribution in [0.15, 0.2) is 53.1 Å². The molecule has 1 unspecified atom stereocenters. The van der Waals surface area contributed by atoms with E-state index in [0.717, 1.165) is 4.47 Å². The number of aromatic nitrogens is 1. The number of pyridine rings is 1. The Morgan fingerprint density at radius 1 is 1.15 bits per heavy atom. The number of benzene rings is 1. The SMILES string of the molecule is O=C(NC(C(=O)O)c1ccccc1)c1ccc(Br)cn1. The lowest BCUT2D eigenvalue weighted by atomic mass is 10.1. The number of nitrogens with one attached hydrogen (secondary N) is 1. The minimum atomic E-state index is -1.12. The molecule has 5 nitrogen and oxygen atoms in total. The molecule has 2 rings (SSSR count). The fourth-order valence-electron chi connectivity index (χ4n) is 1.65. The normalized spacial score (nSPS) is 11.7. The Balaban J connectivity index is 2.19. The van der Waals surface area contributed by atoms with Gasteiger partial charge in [0.1, 0.15) is 5.69 Å². The Hall–Kier alpha value is -2.21. The van der Waals surface area contributed by atoms with E-state index in [9.17, 15) is 14.7 Å². The summed E-state index contributed by atoms with van der Waals surface area (Å²) in [5.41, 5.74) is 0.667. The van der Waals surface area contributed by atoms with Gasteiger partial charge in [-0.15, -0.1) is 0 Å². The number of carboxylic acids is 1. The molecule has 102 valence electrons. The van der Waals surface area contributed by atoms with Crippen LogP contribution in [0.5, 0.6) is 0 Å². The van der Waals surface area contributed by atoms with Crippen LogP contribution in [0.1, 0.15) is 22.1 Å². The first-order valence-electron chi connectivity index (χ1n) is 5.78. The molecule has 6 heteroatoms. The maximum absolute atomic E-state index is 12.0. The molecule has 0 bridgehead atoms. The summed E-state index contributed by atoms with van der Waals surface area (Å²) in [7, 11) is 0. The minimum Gasteiger partial charge on any atom is -0.479 e. The van der Waals surface area contributed by atoms with Crippen LogP contribution in [0.25, 0.3) is 0 Å². The Morgan fingerprint density at radius 3 is 2.40 bits per heavy atom. The first-order valence-corrected chi connectivity index (χ1v) is 6.57. The maximum atomic E-state index is 12.0. The topological polar surface area (TPSA) is 79.3 Å². The molecule has 20 heavy (non-hydrogen) atoms. The quantitative estimate of drug-likeness (QED) is 0.899. The first-order chi connectivity index (χ1) is 9.58. The lowest BCUT2D eigenvalue weighted by molar-refractivity contribution is -0.139. The van der Waals surface area contributed by atoms with Gasteiger partial charge in [0.15, 0.2) is 6.04 Å². The van der Waals surface area contributed by atoms with E-state index < -0.39 is 17.9 Å². The van der Waals surface area contributed by atoms with E-state index in [2.05, 4.69) is 26.2 Å². The number of rotatable bonds is 4. The predicted octanol–water partition coefficient (Wildman–Crippen LogP) is 2.40. The zero-order valence-electron chi connectivity index (χ0n) is 10.3. The summed E-state index contributed by atoms with van der Waals surface area (Å²) in [5.74, 6) is -1.66. The van der Waals surface area contributed by atoms with Gasteiger partial charge < -0.3 is 10.4 Å². The molecule has 1 aromatic carbocycles. The average Bonchev–Trinajstić information content (AvgIpc) is 2.46. The first kappa shape index (κ1) is 14.2. The van der Waals surface area contributed by atoms with Crippen molar-refractivity contribution in [3.8, 4) is 0 Å². The Morgan fingerprint density at radius 2 is 1.85 bits per heavy atom. The number of carbonyl (C=O) groups is 2. The second-order valence-corrected chi connectivity index (χ2v) is 4.93. The molecular formula is C14H11BrN2O3. The van der Waals surface area contributed by atoms with Gasteiger partial charge in [-0.1, -0.05) is 30.3 Å². The van der Waals surface area contributed by atoms with Gasteiger partial charge in [-0.25, -0.2) is 9.78 Å². The highest BCUT2D eigenvalue weighted by Gasteiger charge is 2.22. The van der Waals surface area contributed by atoms with Gasteiger partial charge in [-0.2, -0.15) is 0 Å². The lowest BCUT2D eigenvalue weighted by Crippen LogP contribution is -2.34. The van der Waals surface area contributed by atoms with E-state index in [4.69, 9.17) is 0 Å². The van der Waals surface area contributed by atoms with E-state index >= 15 is 0 Å². The van der Waals surface area contributed by atoms with Crippen molar-refractivity contribution in [2.24, 2.45) is 0 Å². The maximum Gasteiger partial charge on any atom is 0.330 e. The smallest absolute Gasteiger partial charge is 0.330 e. The number of carboxylic acid groups (broad SMARTS) is 1. The van der Waals surface area contributed by atoms with Crippen LogP contribution in [0.2, 0.25) is 0 Å². The van der Waals surface area contributed by atoms with Crippen molar-refractivity contribution in [2.45, 2.75) is 6.04 Å². The van der Waals surface area contributed by atoms with Gasteiger partial charge in [0.25, 0.3) is 5.91 Å². The van der Waals surface area contributed by atoms with Crippen LogP contribution in [0.4, 0.5) is 0 Å². The minimum absolute atomic E-state index is 0.162. The molecule has 0 saturated heterocycles. The summed E-state index contributed by atoms with van der Waals surface area (Å²) in [5, 5.41) is 11.7. The second-order valence-electron chi connectivity index (χ2n) is 4.02. The molecule has 2 aromatic rings. The van der Waals surface area contributed by atoms with Crippen LogP contribution < -0.4 is 5.32 Å². The Bertz CT molecular complexity index is 614. The predicted molar refractivity (Wildman–Crippen MR) is 76.2 cm³/mol. The number of hydrogen-bond acceptors (Lipinski definition) is 3. The third-order valence-electron chi connectivity index (χ3n) is 2.62. The third kappa shape index (κ3) is 3.42. The molecule has 2 N–H and O–H groups in total. The van der Waals surface area contributed by atoms with E-state index in [0.29, 0.717) is 5.56 Å². The van der Waals surface area contributed by atoms with Crippen molar-refractivity contribution in [3.63, 3.8) is 0 Å².